The van der Waals surface area contributed by atoms with Crippen molar-refractivity contribution in [3.05, 3.63) is 18.2 Å². The molecule has 1 aliphatic rings. The van der Waals surface area contributed by atoms with Crippen molar-refractivity contribution in [2.75, 3.05) is 6.54 Å². The van der Waals surface area contributed by atoms with Gasteiger partial charge in [0.1, 0.15) is 0 Å². The molecule has 1 radical (unpaired) electrons. The minimum atomic E-state index is 0. The quantitative estimate of drug-likeness (QED) is 0.769. The van der Waals surface area contributed by atoms with Gasteiger partial charge in [-0.05, 0) is 25.2 Å². The molecule has 1 aromatic rings. The van der Waals surface area contributed by atoms with Crippen LogP contribution in [0, 0.1) is 5.92 Å². The van der Waals surface area contributed by atoms with Gasteiger partial charge >= 0.3 is 0 Å². The third-order valence-electron chi connectivity index (χ3n) is 4.43. The summed E-state index contributed by atoms with van der Waals surface area (Å²) in [5, 5.41) is 3.37. The summed E-state index contributed by atoms with van der Waals surface area (Å²) in [5.41, 5.74) is 1.41. The average molecular weight is 365 g/mol. The van der Waals surface area contributed by atoms with Crippen LogP contribution in [-0.4, -0.2) is 28.5 Å². The number of imidazole rings is 1. The second-order valence-electron chi connectivity index (χ2n) is 5.95. The van der Waals surface area contributed by atoms with Crippen LogP contribution in [0.2, 0.25) is 0 Å². The van der Waals surface area contributed by atoms with Crippen molar-refractivity contribution in [1.82, 2.24) is 14.9 Å². The zero-order chi connectivity index (χ0) is 14.4. The second kappa shape index (κ2) is 9.73. The first-order valence-electron chi connectivity index (χ1n) is 8.00. The summed E-state index contributed by atoms with van der Waals surface area (Å²) in [7, 11) is 0. The van der Waals surface area contributed by atoms with E-state index in [0.717, 1.165) is 13.1 Å². The van der Waals surface area contributed by atoms with Gasteiger partial charge in [-0.15, -0.1) is 0 Å². The van der Waals surface area contributed by atoms with E-state index in [1.165, 1.54) is 31.4 Å². The minimum Gasteiger partial charge on any atom is -0.372 e. The van der Waals surface area contributed by atoms with E-state index in [4.69, 9.17) is 0 Å². The minimum absolute atomic E-state index is 0. The van der Waals surface area contributed by atoms with Gasteiger partial charge in [-0.1, -0.05) is 27.2 Å². The van der Waals surface area contributed by atoms with E-state index in [9.17, 15) is 0 Å². The van der Waals surface area contributed by atoms with Crippen molar-refractivity contribution in [3.63, 3.8) is 0 Å². The number of hydrogen-bond donors (Lipinski definition) is 1. The van der Waals surface area contributed by atoms with Crippen LogP contribution >= 0.6 is 0 Å². The fraction of sp³-hybridized carbons (Fsp3) is 0.750. The molecule has 0 aromatic carbocycles. The summed E-state index contributed by atoms with van der Waals surface area (Å²) in [4.78, 5) is 8.66. The molecule has 0 bridgehead atoms. The monoisotopic (exact) mass is 365 g/mol. The number of unbranched alkanes of at least 4 members (excludes halogenated alkanes) is 1. The molecule has 0 fully saturated rings. The van der Waals surface area contributed by atoms with E-state index in [0.29, 0.717) is 17.9 Å². The van der Waals surface area contributed by atoms with E-state index in [-0.39, 0.29) is 32.7 Å². The summed E-state index contributed by atoms with van der Waals surface area (Å²) in [6.45, 7) is 8.88. The Morgan fingerprint density at radius 1 is 1.43 bits per heavy atom. The van der Waals surface area contributed by atoms with Gasteiger partial charge in [-0.2, -0.15) is 0 Å². The SMILES string of the molecule is CCCCn1cncc1C(CC)CC(C)C1CN=CN1.[Y]. The Morgan fingerprint density at radius 3 is 2.86 bits per heavy atom. The van der Waals surface area contributed by atoms with Gasteiger partial charge in [0.2, 0.25) is 0 Å². The summed E-state index contributed by atoms with van der Waals surface area (Å²) < 4.78 is 2.35. The molecule has 0 aliphatic carbocycles. The molecule has 0 spiro atoms. The van der Waals surface area contributed by atoms with Crippen LogP contribution in [0.4, 0.5) is 0 Å². The summed E-state index contributed by atoms with van der Waals surface area (Å²) in [6, 6.07) is 0.510. The van der Waals surface area contributed by atoms with E-state index < -0.39 is 0 Å². The van der Waals surface area contributed by atoms with E-state index in [1.54, 1.807) is 0 Å². The molecule has 3 unspecified atom stereocenters. The van der Waals surface area contributed by atoms with E-state index in [2.05, 4.69) is 46.8 Å². The van der Waals surface area contributed by atoms with Crippen molar-refractivity contribution in [2.45, 2.75) is 65.0 Å². The van der Waals surface area contributed by atoms with Gasteiger partial charge in [0.25, 0.3) is 0 Å². The zero-order valence-corrected chi connectivity index (χ0v) is 16.5. The van der Waals surface area contributed by atoms with E-state index in [1.807, 2.05) is 12.7 Å². The van der Waals surface area contributed by atoms with Crippen LogP contribution in [0.15, 0.2) is 17.5 Å². The molecule has 1 aromatic heterocycles. The number of nitrogens with zero attached hydrogens (tertiary/aromatic N) is 3. The van der Waals surface area contributed by atoms with Gasteiger partial charge in [0, 0.05) is 63.1 Å². The smallest absolute Gasteiger partial charge is 0.0948 e. The maximum atomic E-state index is 4.37. The third-order valence-corrected chi connectivity index (χ3v) is 4.43. The Hall–Kier alpha value is -0.216. The first-order valence-corrected chi connectivity index (χ1v) is 8.00. The molecule has 1 N–H and O–H groups in total. The normalized spacial score (nSPS) is 19.9. The summed E-state index contributed by atoms with van der Waals surface area (Å²) in [6.07, 6.45) is 10.8. The molecule has 3 atom stereocenters. The molecule has 0 saturated heterocycles. The molecule has 0 saturated carbocycles. The molecule has 4 nitrogen and oxygen atoms in total. The fourth-order valence-electron chi connectivity index (χ4n) is 3.01. The number of aromatic nitrogens is 2. The number of nitrogens with one attached hydrogen (secondary N) is 1. The second-order valence-corrected chi connectivity index (χ2v) is 5.95. The Morgan fingerprint density at radius 2 is 2.24 bits per heavy atom. The summed E-state index contributed by atoms with van der Waals surface area (Å²) >= 11 is 0. The Balaban J connectivity index is 0.00000220. The molecule has 2 rings (SSSR count). The van der Waals surface area contributed by atoms with Gasteiger partial charge in [-0.3, -0.25) is 4.99 Å². The van der Waals surface area contributed by atoms with Crippen molar-refractivity contribution < 1.29 is 32.7 Å². The topological polar surface area (TPSA) is 42.2 Å². The molecule has 115 valence electrons. The number of aryl methyl sites for hydroxylation is 1. The predicted molar refractivity (Wildman–Crippen MR) is 84.2 cm³/mol. The van der Waals surface area contributed by atoms with Gasteiger partial charge < -0.3 is 9.88 Å². The molecule has 5 heteroatoms. The maximum Gasteiger partial charge on any atom is 0.0948 e. The molecule has 0 amide bonds. The first kappa shape index (κ1) is 18.8. The number of hydrogen-bond acceptors (Lipinski definition) is 3. The molecular weight excluding hydrogens is 337 g/mol. The van der Waals surface area contributed by atoms with Crippen molar-refractivity contribution in [2.24, 2.45) is 10.9 Å². The molecule has 21 heavy (non-hydrogen) atoms. The molecule has 2 heterocycles. The van der Waals surface area contributed by atoms with Crippen molar-refractivity contribution >= 4 is 6.34 Å². The number of aliphatic imine (C=N–C) groups is 1. The van der Waals surface area contributed by atoms with Crippen LogP contribution in [-0.2, 0) is 39.3 Å². The van der Waals surface area contributed by atoms with Crippen molar-refractivity contribution in [3.8, 4) is 0 Å². The zero-order valence-electron chi connectivity index (χ0n) is 13.6. The van der Waals surface area contributed by atoms with Crippen LogP contribution in [0.5, 0.6) is 0 Å². The first-order chi connectivity index (χ1) is 9.76. The predicted octanol–water partition coefficient (Wildman–Crippen LogP) is 3.20. The third kappa shape index (κ3) is 5.17. The standard InChI is InChI=1S/C16H28N4.Y/c1-4-6-7-20-12-18-10-16(20)14(5-2)8-13(3)15-9-17-11-19-15;/h10-15H,4-9H2,1-3H3,(H,17,19);. The van der Waals surface area contributed by atoms with Crippen molar-refractivity contribution in [1.29, 1.82) is 0 Å². The van der Waals surface area contributed by atoms with Crippen LogP contribution in [0.3, 0.4) is 0 Å². The van der Waals surface area contributed by atoms with Crippen LogP contribution in [0.25, 0.3) is 0 Å². The Labute approximate surface area is 154 Å². The Bertz CT molecular complexity index is 422. The largest absolute Gasteiger partial charge is 0.372 e. The van der Waals surface area contributed by atoms with Crippen LogP contribution < -0.4 is 5.32 Å². The summed E-state index contributed by atoms with van der Waals surface area (Å²) in [5.74, 6) is 1.24. The molecule has 1 aliphatic heterocycles. The average Bonchev–Trinajstić information content (AvgIpc) is 3.13. The fourth-order valence-corrected chi connectivity index (χ4v) is 3.01. The number of rotatable bonds is 8. The van der Waals surface area contributed by atoms with Crippen LogP contribution in [0.1, 0.15) is 58.1 Å². The van der Waals surface area contributed by atoms with Gasteiger partial charge in [0.05, 0.1) is 19.2 Å². The molecular formula is C16H28N4Y. The van der Waals surface area contributed by atoms with E-state index >= 15 is 0 Å². The Kier molecular flexibility index (Phi) is 8.73. The van der Waals surface area contributed by atoms with Gasteiger partial charge in [-0.25, -0.2) is 4.98 Å². The maximum absolute atomic E-state index is 4.37. The van der Waals surface area contributed by atoms with Gasteiger partial charge in [0.15, 0.2) is 0 Å².